The van der Waals surface area contributed by atoms with Crippen molar-refractivity contribution in [1.82, 2.24) is 9.88 Å². The van der Waals surface area contributed by atoms with E-state index in [0.717, 1.165) is 29.0 Å². The van der Waals surface area contributed by atoms with Gasteiger partial charge in [-0.05, 0) is 37.0 Å². The molecule has 1 amide bonds. The minimum atomic E-state index is -0.492. The highest BCUT2D eigenvalue weighted by Gasteiger charge is 2.47. The van der Waals surface area contributed by atoms with E-state index in [0.29, 0.717) is 11.3 Å². The maximum atomic E-state index is 12.8. The van der Waals surface area contributed by atoms with Gasteiger partial charge in [-0.2, -0.15) is 0 Å². The zero-order valence-electron chi connectivity index (χ0n) is 12.7. The Morgan fingerprint density at radius 2 is 2.04 bits per heavy atom. The van der Waals surface area contributed by atoms with Crippen molar-refractivity contribution >= 4 is 23.0 Å². The van der Waals surface area contributed by atoms with Crippen LogP contribution in [0.3, 0.4) is 0 Å². The standard InChI is InChI=1S/C17H16N2O3S/c1-9-18-13(8-23-9)17(22)19-14-4-5-15(19)12-6-10(16(21)7-20)2-3-11(12)14/h2-3,6,8,14-15,20H,4-5,7H2,1H3. The van der Waals surface area contributed by atoms with Gasteiger partial charge in [0.1, 0.15) is 12.3 Å². The van der Waals surface area contributed by atoms with Gasteiger partial charge in [0.05, 0.1) is 17.1 Å². The lowest BCUT2D eigenvalue weighted by Crippen LogP contribution is -2.28. The highest BCUT2D eigenvalue weighted by atomic mass is 32.1. The molecule has 1 aromatic heterocycles. The molecule has 2 aliphatic rings. The summed E-state index contributed by atoms with van der Waals surface area (Å²) in [6.07, 6.45) is 1.85. The monoisotopic (exact) mass is 328 g/mol. The van der Waals surface area contributed by atoms with Gasteiger partial charge < -0.3 is 10.0 Å². The molecule has 0 spiro atoms. The molecule has 2 unspecified atom stereocenters. The van der Waals surface area contributed by atoms with Crippen molar-refractivity contribution in [3.05, 3.63) is 51.0 Å². The molecule has 4 rings (SSSR count). The van der Waals surface area contributed by atoms with E-state index in [4.69, 9.17) is 5.11 Å². The first-order valence-electron chi connectivity index (χ1n) is 7.63. The largest absolute Gasteiger partial charge is 0.388 e. The molecule has 0 aliphatic carbocycles. The summed E-state index contributed by atoms with van der Waals surface area (Å²) in [6, 6.07) is 5.59. The third-order valence-electron chi connectivity index (χ3n) is 4.73. The number of rotatable bonds is 3. The summed E-state index contributed by atoms with van der Waals surface area (Å²) in [4.78, 5) is 30.8. The minimum absolute atomic E-state index is 0.0101. The fourth-order valence-corrected chi connectivity index (χ4v) is 4.32. The zero-order valence-corrected chi connectivity index (χ0v) is 13.5. The first kappa shape index (κ1) is 14.5. The maximum Gasteiger partial charge on any atom is 0.274 e. The lowest BCUT2D eigenvalue weighted by Gasteiger charge is -2.21. The Bertz CT molecular complexity index is 814. The number of aromatic nitrogens is 1. The summed E-state index contributed by atoms with van der Waals surface area (Å²) >= 11 is 1.48. The van der Waals surface area contributed by atoms with Crippen molar-refractivity contribution < 1.29 is 14.7 Å². The molecule has 2 aromatic rings. The number of fused-ring (bicyclic) bond motifs is 5. The molecule has 3 heterocycles. The highest BCUT2D eigenvalue weighted by Crippen LogP contribution is 2.53. The van der Waals surface area contributed by atoms with E-state index in [-0.39, 0.29) is 23.8 Å². The number of hydrogen-bond acceptors (Lipinski definition) is 5. The van der Waals surface area contributed by atoms with Crippen LogP contribution in [0, 0.1) is 6.92 Å². The number of benzene rings is 1. The Morgan fingerprint density at radius 3 is 2.70 bits per heavy atom. The summed E-state index contributed by atoms with van der Waals surface area (Å²) in [5, 5.41) is 11.7. The second-order valence-corrected chi connectivity index (χ2v) is 7.06. The van der Waals surface area contributed by atoms with Gasteiger partial charge in [0.2, 0.25) is 0 Å². The molecule has 0 radical (unpaired) electrons. The zero-order chi connectivity index (χ0) is 16.1. The fraction of sp³-hybridized carbons (Fsp3) is 0.353. The van der Waals surface area contributed by atoms with Crippen LogP contribution < -0.4 is 0 Å². The lowest BCUT2D eigenvalue weighted by molar-refractivity contribution is 0.0691. The van der Waals surface area contributed by atoms with Crippen LogP contribution in [0.15, 0.2) is 23.6 Å². The number of hydrogen-bond donors (Lipinski definition) is 1. The number of thiazole rings is 1. The molecule has 1 N–H and O–H groups in total. The molecular formula is C17H16N2O3S. The number of aliphatic hydroxyl groups is 1. The van der Waals surface area contributed by atoms with Crippen LogP contribution in [0.5, 0.6) is 0 Å². The Balaban J connectivity index is 1.70. The second-order valence-electron chi connectivity index (χ2n) is 6.00. The van der Waals surface area contributed by atoms with Gasteiger partial charge in [-0.25, -0.2) is 4.98 Å². The van der Waals surface area contributed by atoms with Crippen LogP contribution in [-0.4, -0.2) is 33.3 Å². The number of aryl methyl sites for hydroxylation is 1. The van der Waals surface area contributed by atoms with E-state index < -0.39 is 6.61 Å². The minimum Gasteiger partial charge on any atom is -0.388 e. The molecule has 5 nitrogen and oxygen atoms in total. The Labute approximate surface area is 137 Å². The molecule has 118 valence electrons. The average molecular weight is 328 g/mol. The topological polar surface area (TPSA) is 70.5 Å². The Morgan fingerprint density at radius 1 is 1.30 bits per heavy atom. The molecule has 2 aliphatic heterocycles. The second kappa shape index (κ2) is 5.25. The van der Waals surface area contributed by atoms with E-state index in [2.05, 4.69) is 4.98 Å². The third-order valence-corrected chi connectivity index (χ3v) is 5.50. The van der Waals surface area contributed by atoms with E-state index in [1.54, 1.807) is 11.4 Å². The quantitative estimate of drug-likeness (QED) is 0.879. The van der Waals surface area contributed by atoms with Crippen molar-refractivity contribution in [2.45, 2.75) is 31.8 Å². The molecule has 1 aromatic carbocycles. The molecular weight excluding hydrogens is 312 g/mol. The lowest BCUT2D eigenvalue weighted by atomic mass is 9.90. The van der Waals surface area contributed by atoms with Crippen molar-refractivity contribution in [1.29, 1.82) is 0 Å². The number of aliphatic hydroxyl groups excluding tert-OH is 1. The van der Waals surface area contributed by atoms with Gasteiger partial charge >= 0.3 is 0 Å². The van der Waals surface area contributed by atoms with Gasteiger partial charge in [-0.1, -0.05) is 12.1 Å². The number of nitrogens with zero attached hydrogens (tertiary/aromatic N) is 2. The van der Waals surface area contributed by atoms with Gasteiger partial charge in [0.25, 0.3) is 5.91 Å². The van der Waals surface area contributed by atoms with Gasteiger partial charge in [0, 0.05) is 10.9 Å². The Hall–Kier alpha value is -2.05. The SMILES string of the molecule is Cc1nc(C(=O)N2C3CCC2c2cc(C(=O)CO)ccc23)cs1. The number of ketones is 1. The summed E-state index contributed by atoms with van der Waals surface area (Å²) in [7, 11) is 0. The predicted molar refractivity (Wildman–Crippen MR) is 85.6 cm³/mol. The van der Waals surface area contributed by atoms with Crippen LogP contribution >= 0.6 is 11.3 Å². The van der Waals surface area contributed by atoms with E-state index in [1.165, 1.54) is 11.3 Å². The molecule has 1 saturated heterocycles. The van der Waals surface area contributed by atoms with E-state index in [1.807, 2.05) is 24.0 Å². The summed E-state index contributed by atoms with van der Waals surface area (Å²) in [6.45, 7) is 1.40. The highest BCUT2D eigenvalue weighted by molar-refractivity contribution is 7.09. The maximum absolute atomic E-state index is 12.8. The van der Waals surface area contributed by atoms with Crippen molar-refractivity contribution in [2.75, 3.05) is 6.61 Å². The molecule has 0 saturated carbocycles. The first-order chi connectivity index (χ1) is 11.1. The molecule has 2 bridgehead atoms. The first-order valence-corrected chi connectivity index (χ1v) is 8.51. The number of Topliss-reactive ketones (excluding diaryl/α,β-unsaturated/α-hetero) is 1. The molecule has 6 heteroatoms. The van der Waals surface area contributed by atoms with Gasteiger partial charge in [0.15, 0.2) is 5.78 Å². The smallest absolute Gasteiger partial charge is 0.274 e. The molecule has 2 atom stereocenters. The summed E-state index contributed by atoms with van der Waals surface area (Å²) in [5.41, 5.74) is 3.18. The normalized spacial score (nSPS) is 21.6. The van der Waals surface area contributed by atoms with Gasteiger partial charge in [-0.15, -0.1) is 11.3 Å². The van der Waals surface area contributed by atoms with Crippen LogP contribution in [0.2, 0.25) is 0 Å². The van der Waals surface area contributed by atoms with E-state index >= 15 is 0 Å². The molecule has 1 fully saturated rings. The van der Waals surface area contributed by atoms with Crippen LogP contribution in [0.4, 0.5) is 0 Å². The number of amides is 1. The van der Waals surface area contributed by atoms with E-state index in [9.17, 15) is 9.59 Å². The third kappa shape index (κ3) is 2.13. The molecule has 23 heavy (non-hydrogen) atoms. The van der Waals surface area contributed by atoms with Crippen molar-refractivity contribution in [3.63, 3.8) is 0 Å². The number of carbonyl (C=O) groups excluding carboxylic acids is 2. The van der Waals surface area contributed by atoms with Crippen LogP contribution in [0.1, 0.15) is 61.9 Å². The summed E-state index contributed by atoms with van der Waals surface area (Å²) in [5.74, 6) is -0.323. The number of carbonyl (C=O) groups is 2. The Kier molecular flexibility index (Phi) is 3.32. The summed E-state index contributed by atoms with van der Waals surface area (Å²) < 4.78 is 0. The van der Waals surface area contributed by atoms with Crippen LogP contribution in [0.25, 0.3) is 0 Å². The fourth-order valence-electron chi connectivity index (χ4n) is 3.73. The predicted octanol–water partition coefficient (Wildman–Crippen LogP) is 2.66. The average Bonchev–Trinajstić information content (AvgIpc) is 3.26. The van der Waals surface area contributed by atoms with Gasteiger partial charge in [-0.3, -0.25) is 9.59 Å². The van der Waals surface area contributed by atoms with Crippen LogP contribution in [-0.2, 0) is 0 Å². The van der Waals surface area contributed by atoms with Crippen molar-refractivity contribution in [2.24, 2.45) is 0 Å². The van der Waals surface area contributed by atoms with Crippen molar-refractivity contribution in [3.8, 4) is 0 Å².